The molecule has 1 unspecified atom stereocenters. The molecule has 1 N–H and O–H groups in total. The second-order valence-corrected chi connectivity index (χ2v) is 6.83. The van der Waals surface area contributed by atoms with Gasteiger partial charge in [0.2, 0.25) is 0 Å². The second-order valence-electron chi connectivity index (χ2n) is 4.36. The Bertz CT molecular complexity index is 491. The van der Waals surface area contributed by atoms with Gasteiger partial charge in [0.15, 0.2) is 0 Å². The van der Waals surface area contributed by atoms with Gasteiger partial charge in [-0.15, -0.1) is 0 Å². The van der Waals surface area contributed by atoms with E-state index in [0.717, 1.165) is 0 Å². The predicted molar refractivity (Wildman–Crippen MR) is 74.2 cm³/mol. The maximum absolute atomic E-state index is 13.7. The minimum Gasteiger partial charge on any atom is -0.309 e. The number of sulfone groups is 1. The van der Waals surface area contributed by atoms with Crippen LogP contribution in [-0.2, 0) is 9.84 Å². The molecule has 4 nitrogen and oxygen atoms in total. The summed E-state index contributed by atoms with van der Waals surface area (Å²) < 4.78 is 36.5. The minimum absolute atomic E-state index is 0.139. The van der Waals surface area contributed by atoms with Crippen molar-refractivity contribution >= 4 is 9.84 Å². The number of pyridine rings is 1. The average Bonchev–Trinajstić information content (AvgIpc) is 2.38. The van der Waals surface area contributed by atoms with Crippen LogP contribution in [-0.4, -0.2) is 31.5 Å². The molecular weight excluding hydrogens is 267 g/mol. The number of nitrogens with zero attached hydrogens (tertiary/aromatic N) is 1. The van der Waals surface area contributed by atoms with Gasteiger partial charge in [-0.3, -0.25) is 4.98 Å². The third-order valence-corrected chi connectivity index (χ3v) is 4.75. The summed E-state index contributed by atoms with van der Waals surface area (Å²) in [5.41, 5.74) is 0.359. The van der Waals surface area contributed by atoms with E-state index in [1.165, 1.54) is 6.07 Å². The van der Waals surface area contributed by atoms with Crippen molar-refractivity contribution in [3.05, 3.63) is 29.8 Å². The molecule has 108 valence electrons. The molecule has 0 aromatic carbocycles. The van der Waals surface area contributed by atoms with Gasteiger partial charge in [0.05, 0.1) is 17.5 Å². The zero-order valence-corrected chi connectivity index (χ0v) is 12.2. The highest BCUT2D eigenvalue weighted by atomic mass is 32.2. The fourth-order valence-corrected chi connectivity index (χ4v) is 2.78. The minimum atomic E-state index is -2.96. The summed E-state index contributed by atoms with van der Waals surface area (Å²) in [4.78, 5) is 4.05. The smallest absolute Gasteiger partial charge is 0.150 e. The summed E-state index contributed by atoms with van der Waals surface area (Å²) in [6.07, 6.45) is 2.61. The summed E-state index contributed by atoms with van der Waals surface area (Å²) in [5.74, 6) is -0.0665. The largest absolute Gasteiger partial charge is 0.309 e. The number of hydrogen-bond acceptors (Lipinski definition) is 4. The third-order valence-electron chi connectivity index (χ3n) is 2.96. The van der Waals surface area contributed by atoms with Gasteiger partial charge in [-0.05, 0) is 31.5 Å². The third kappa shape index (κ3) is 5.24. The normalized spacial score (nSPS) is 13.4. The van der Waals surface area contributed by atoms with Crippen molar-refractivity contribution < 1.29 is 12.8 Å². The number of halogens is 1. The van der Waals surface area contributed by atoms with Crippen LogP contribution in [0, 0.1) is 5.82 Å². The fraction of sp³-hybridized carbons (Fsp3) is 0.615. The highest BCUT2D eigenvalue weighted by Crippen LogP contribution is 2.19. The molecule has 0 bridgehead atoms. The lowest BCUT2D eigenvalue weighted by Crippen LogP contribution is -2.24. The molecule has 1 rings (SSSR count). The van der Waals surface area contributed by atoms with Crippen LogP contribution in [0.15, 0.2) is 18.3 Å². The second kappa shape index (κ2) is 7.55. The molecular formula is C13H21FN2O2S. The van der Waals surface area contributed by atoms with Gasteiger partial charge in [0.1, 0.15) is 15.7 Å². The van der Waals surface area contributed by atoms with E-state index in [0.29, 0.717) is 25.1 Å². The van der Waals surface area contributed by atoms with Gasteiger partial charge >= 0.3 is 0 Å². The van der Waals surface area contributed by atoms with Crippen LogP contribution in [0.1, 0.15) is 38.4 Å². The van der Waals surface area contributed by atoms with Gasteiger partial charge in [-0.2, -0.15) is 0 Å². The van der Waals surface area contributed by atoms with E-state index >= 15 is 0 Å². The Hall–Kier alpha value is -1.01. The summed E-state index contributed by atoms with van der Waals surface area (Å²) >= 11 is 0. The van der Waals surface area contributed by atoms with Crippen LogP contribution in [0.4, 0.5) is 4.39 Å². The molecule has 0 saturated heterocycles. The lowest BCUT2D eigenvalue weighted by molar-refractivity contribution is 0.466. The van der Waals surface area contributed by atoms with E-state index in [9.17, 15) is 12.8 Å². The quantitative estimate of drug-likeness (QED) is 0.795. The Balaban J connectivity index is 2.67. The molecule has 0 saturated carbocycles. The van der Waals surface area contributed by atoms with Crippen LogP contribution in [0.5, 0.6) is 0 Å². The standard InChI is InChI=1S/C13H21FN2O2S/c1-3-15-12(8-6-10-19(17,18)4-2)13-11(14)7-5-9-16-13/h5,7,9,12,15H,3-4,6,8,10H2,1-2H3. The Labute approximate surface area is 114 Å². The molecule has 1 aromatic heterocycles. The van der Waals surface area contributed by atoms with Crippen LogP contribution < -0.4 is 5.32 Å². The van der Waals surface area contributed by atoms with E-state index < -0.39 is 9.84 Å². The topological polar surface area (TPSA) is 59.1 Å². The molecule has 0 radical (unpaired) electrons. The molecule has 0 aliphatic heterocycles. The van der Waals surface area contributed by atoms with Crippen molar-refractivity contribution in [2.24, 2.45) is 0 Å². The lowest BCUT2D eigenvalue weighted by Gasteiger charge is -2.17. The van der Waals surface area contributed by atoms with E-state index in [1.54, 1.807) is 19.2 Å². The highest BCUT2D eigenvalue weighted by molar-refractivity contribution is 7.91. The van der Waals surface area contributed by atoms with Crippen molar-refractivity contribution in [2.75, 3.05) is 18.1 Å². The molecule has 0 spiro atoms. The molecule has 1 aromatic rings. The van der Waals surface area contributed by atoms with Crippen molar-refractivity contribution in [1.82, 2.24) is 10.3 Å². The molecule has 0 aliphatic carbocycles. The maximum atomic E-state index is 13.7. The Kier molecular flexibility index (Phi) is 6.37. The van der Waals surface area contributed by atoms with E-state index in [4.69, 9.17) is 0 Å². The van der Waals surface area contributed by atoms with Crippen molar-refractivity contribution in [3.63, 3.8) is 0 Å². The summed E-state index contributed by atoms with van der Waals surface area (Å²) in [7, 11) is -2.96. The molecule has 1 heterocycles. The van der Waals surface area contributed by atoms with Crippen LogP contribution in [0.25, 0.3) is 0 Å². The Morgan fingerprint density at radius 1 is 1.42 bits per heavy atom. The summed E-state index contributed by atoms with van der Waals surface area (Å²) in [6.45, 7) is 4.24. The van der Waals surface area contributed by atoms with E-state index in [-0.39, 0.29) is 23.4 Å². The zero-order chi connectivity index (χ0) is 14.3. The highest BCUT2D eigenvalue weighted by Gasteiger charge is 2.17. The molecule has 0 aliphatic rings. The predicted octanol–water partition coefficient (Wildman–Crippen LogP) is 2.09. The number of aromatic nitrogens is 1. The van der Waals surface area contributed by atoms with Gasteiger partial charge in [-0.1, -0.05) is 13.8 Å². The van der Waals surface area contributed by atoms with Gasteiger partial charge < -0.3 is 5.32 Å². The fourth-order valence-electron chi connectivity index (χ4n) is 1.89. The first kappa shape index (κ1) is 16.0. The monoisotopic (exact) mass is 288 g/mol. The first-order chi connectivity index (χ1) is 9.00. The lowest BCUT2D eigenvalue weighted by atomic mass is 10.1. The maximum Gasteiger partial charge on any atom is 0.150 e. The summed E-state index contributed by atoms with van der Waals surface area (Å²) in [6, 6.07) is 2.68. The van der Waals surface area contributed by atoms with Crippen LogP contribution in [0.3, 0.4) is 0 Å². The molecule has 0 fully saturated rings. The number of nitrogens with one attached hydrogen (secondary N) is 1. The first-order valence-electron chi connectivity index (χ1n) is 6.54. The Morgan fingerprint density at radius 3 is 2.74 bits per heavy atom. The number of hydrogen-bond donors (Lipinski definition) is 1. The van der Waals surface area contributed by atoms with Crippen molar-refractivity contribution in [3.8, 4) is 0 Å². The molecule has 0 amide bonds. The number of rotatable bonds is 8. The van der Waals surface area contributed by atoms with Crippen molar-refractivity contribution in [2.45, 2.75) is 32.7 Å². The van der Waals surface area contributed by atoms with Crippen LogP contribution >= 0.6 is 0 Å². The Morgan fingerprint density at radius 2 is 2.16 bits per heavy atom. The molecule has 19 heavy (non-hydrogen) atoms. The zero-order valence-electron chi connectivity index (χ0n) is 11.4. The van der Waals surface area contributed by atoms with Gasteiger partial charge in [0, 0.05) is 11.9 Å². The van der Waals surface area contributed by atoms with Gasteiger partial charge in [0.25, 0.3) is 0 Å². The van der Waals surface area contributed by atoms with E-state index in [1.807, 2.05) is 6.92 Å². The van der Waals surface area contributed by atoms with E-state index in [2.05, 4.69) is 10.3 Å². The average molecular weight is 288 g/mol. The van der Waals surface area contributed by atoms with Crippen molar-refractivity contribution in [1.29, 1.82) is 0 Å². The SMILES string of the molecule is CCNC(CCCS(=O)(=O)CC)c1ncccc1F. The van der Waals surface area contributed by atoms with Crippen LogP contribution in [0.2, 0.25) is 0 Å². The molecule has 6 heteroatoms. The molecule has 1 atom stereocenters. The first-order valence-corrected chi connectivity index (χ1v) is 8.36. The van der Waals surface area contributed by atoms with Gasteiger partial charge in [-0.25, -0.2) is 12.8 Å². The summed E-state index contributed by atoms with van der Waals surface area (Å²) in [5, 5.41) is 3.15.